The number of hydrogen-bond acceptors (Lipinski definition) is 2. The summed E-state index contributed by atoms with van der Waals surface area (Å²) in [6.45, 7) is 10.6. The topological polar surface area (TPSA) is 25.8 Å². The maximum Gasteiger partial charge on any atom is 0.0972 e. The molecule has 0 aliphatic rings. The van der Waals surface area contributed by atoms with E-state index in [0.717, 1.165) is 28.2 Å². The van der Waals surface area contributed by atoms with E-state index in [0.29, 0.717) is 0 Å². The van der Waals surface area contributed by atoms with Crippen LogP contribution < -0.4 is 0 Å². The van der Waals surface area contributed by atoms with Crippen LogP contribution in [-0.2, 0) is 0 Å². The van der Waals surface area contributed by atoms with Crippen molar-refractivity contribution >= 4 is 0 Å². The quantitative estimate of drug-likeness (QED) is 0.383. The van der Waals surface area contributed by atoms with Crippen LogP contribution in [0.1, 0.15) is 27.8 Å². The number of benzene rings is 3. The van der Waals surface area contributed by atoms with Gasteiger partial charge in [-0.05, 0) is 63.9 Å². The minimum atomic E-state index is 0.922. The maximum absolute atomic E-state index is 5.16. The zero-order chi connectivity index (χ0) is 20.5. The van der Waals surface area contributed by atoms with Gasteiger partial charge in [-0.3, -0.25) is 4.98 Å². The molecule has 0 atom stereocenters. The summed E-state index contributed by atoms with van der Waals surface area (Å²) in [5.41, 5.74) is 12.3. The van der Waals surface area contributed by atoms with Crippen LogP contribution in [0.5, 0.6) is 0 Å². The van der Waals surface area contributed by atoms with Crippen LogP contribution in [0.3, 0.4) is 0 Å². The van der Waals surface area contributed by atoms with Crippen molar-refractivity contribution < 1.29 is 0 Å². The molecule has 0 aliphatic heterocycles. The summed E-state index contributed by atoms with van der Waals surface area (Å²) in [5, 5.41) is 0. The maximum atomic E-state index is 5.16. The van der Waals surface area contributed by atoms with Gasteiger partial charge in [0.25, 0.3) is 0 Å². The Hall–Kier alpha value is -3.26. The lowest BCUT2D eigenvalue weighted by atomic mass is 9.97. The summed E-state index contributed by atoms with van der Waals surface area (Å²) < 4.78 is 0. The molecule has 1 aromatic heterocycles. The molecule has 4 rings (SSSR count). The predicted molar refractivity (Wildman–Crippen MR) is 122 cm³/mol. The SMILES string of the molecule is Cc1cccc(-c2ncc(-c3c(C)cccc3C)nc2-c2cc(C)cc(C)c2)c1. The average Bonchev–Trinajstić information content (AvgIpc) is 2.67. The van der Waals surface area contributed by atoms with Gasteiger partial charge in [-0.2, -0.15) is 0 Å². The van der Waals surface area contributed by atoms with Gasteiger partial charge in [-0.1, -0.05) is 59.2 Å². The summed E-state index contributed by atoms with van der Waals surface area (Å²) in [6.07, 6.45) is 1.92. The van der Waals surface area contributed by atoms with E-state index in [1.54, 1.807) is 0 Å². The molecule has 4 aromatic rings. The smallest absolute Gasteiger partial charge is 0.0972 e. The Labute approximate surface area is 173 Å². The summed E-state index contributed by atoms with van der Waals surface area (Å²) in [7, 11) is 0. The molecule has 0 amide bonds. The van der Waals surface area contributed by atoms with Crippen LogP contribution >= 0.6 is 0 Å². The highest BCUT2D eigenvalue weighted by Gasteiger charge is 2.16. The number of aromatic nitrogens is 2. The Balaban J connectivity index is 2.00. The molecular weight excluding hydrogens is 352 g/mol. The highest BCUT2D eigenvalue weighted by atomic mass is 14.8. The number of hydrogen-bond donors (Lipinski definition) is 0. The Morgan fingerprint density at radius 2 is 1.21 bits per heavy atom. The van der Waals surface area contributed by atoms with Gasteiger partial charge < -0.3 is 0 Å². The van der Waals surface area contributed by atoms with Crippen molar-refractivity contribution in [3.8, 4) is 33.8 Å². The van der Waals surface area contributed by atoms with Crippen LogP contribution in [0.2, 0.25) is 0 Å². The van der Waals surface area contributed by atoms with Crippen molar-refractivity contribution in [1.82, 2.24) is 9.97 Å². The molecule has 2 nitrogen and oxygen atoms in total. The highest BCUT2D eigenvalue weighted by molar-refractivity contribution is 5.81. The third-order valence-corrected chi connectivity index (χ3v) is 5.30. The van der Waals surface area contributed by atoms with E-state index in [1.807, 2.05) is 6.20 Å². The van der Waals surface area contributed by atoms with Gasteiger partial charge in [0.05, 0.1) is 23.3 Å². The number of rotatable bonds is 3. The first kappa shape index (κ1) is 19.1. The van der Waals surface area contributed by atoms with E-state index in [2.05, 4.69) is 95.3 Å². The fraction of sp³-hybridized carbons (Fsp3) is 0.185. The molecular formula is C27H26N2. The molecule has 29 heavy (non-hydrogen) atoms. The molecule has 3 aromatic carbocycles. The Bertz CT molecular complexity index is 1160. The van der Waals surface area contributed by atoms with E-state index in [-0.39, 0.29) is 0 Å². The summed E-state index contributed by atoms with van der Waals surface area (Å²) in [5.74, 6) is 0. The first-order valence-corrected chi connectivity index (χ1v) is 10.0. The van der Waals surface area contributed by atoms with Gasteiger partial charge in [0.15, 0.2) is 0 Å². The summed E-state index contributed by atoms with van der Waals surface area (Å²) in [4.78, 5) is 10.1. The van der Waals surface area contributed by atoms with Gasteiger partial charge >= 0.3 is 0 Å². The molecule has 0 saturated heterocycles. The molecule has 0 spiro atoms. The summed E-state index contributed by atoms with van der Waals surface area (Å²) >= 11 is 0. The van der Waals surface area contributed by atoms with Crippen molar-refractivity contribution in [2.24, 2.45) is 0 Å². The Morgan fingerprint density at radius 1 is 0.586 bits per heavy atom. The lowest BCUT2D eigenvalue weighted by molar-refractivity contribution is 1.19. The van der Waals surface area contributed by atoms with Crippen LogP contribution in [0, 0.1) is 34.6 Å². The van der Waals surface area contributed by atoms with Crippen molar-refractivity contribution in [2.75, 3.05) is 0 Å². The van der Waals surface area contributed by atoms with Crippen molar-refractivity contribution in [3.63, 3.8) is 0 Å². The van der Waals surface area contributed by atoms with Crippen molar-refractivity contribution in [2.45, 2.75) is 34.6 Å². The second-order valence-corrected chi connectivity index (χ2v) is 7.97. The minimum absolute atomic E-state index is 0.922. The van der Waals surface area contributed by atoms with Gasteiger partial charge in [0.2, 0.25) is 0 Å². The minimum Gasteiger partial charge on any atom is -0.252 e. The summed E-state index contributed by atoms with van der Waals surface area (Å²) in [6, 6.07) is 21.4. The second kappa shape index (κ2) is 7.63. The van der Waals surface area contributed by atoms with Crippen LogP contribution in [-0.4, -0.2) is 9.97 Å². The van der Waals surface area contributed by atoms with Crippen LogP contribution in [0.4, 0.5) is 0 Å². The van der Waals surface area contributed by atoms with Crippen molar-refractivity contribution in [3.05, 3.63) is 94.7 Å². The lowest BCUT2D eigenvalue weighted by Gasteiger charge is -2.15. The molecule has 2 heteroatoms. The molecule has 0 saturated carbocycles. The van der Waals surface area contributed by atoms with E-state index in [4.69, 9.17) is 9.97 Å². The Kier molecular flexibility index (Phi) is 5.02. The zero-order valence-electron chi connectivity index (χ0n) is 17.7. The van der Waals surface area contributed by atoms with Crippen LogP contribution in [0.15, 0.2) is 66.9 Å². The fourth-order valence-electron chi connectivity index (χ4n) is 4.04. The largest absolute Gasteiger partial charge is 0.252 e. The van der Waals surface area contributed by atoms with Crippen molar-refractivity contribution in [1.29, 1.82) is 0 Å². The standard InChI is InChI=1S/C27H26N2/c1-17-8-6-11-22(13-17)26-27(23-14-18(2)12-19(3)15-23)29-24(16-28-26)25-20(4)9-7-10-21(25)5/h6-16H,1-5H3. The average molecular weight is 379 g/mol. The normalized spacial score (nSPS) is 10.9. The van der Waals surface area contributed by atoms with E-state index >= 15 is 0 Å². The van der Waals surface area contributed by atoms with Gasteiger partial charge in [-0.15, -0.1) is 0 Å². The van der Waals surface area contributed by atoms with E-state index in [1.165, 1.54) is 33.4 Å². The predicted octanol–water partition coefficient (Wildman–Crippen LogP) is 7.02. The number of aryl methyl sites for hydroxylation is 5. The third kappa shape index (κ3) is 3.84. The molecule has 0 fully saturated rings. The second-order valence-electron chi connectivity index (χ2n) is 7.97. The fourth-order valence-corrected chi connectivity index (χ4v) is 4.04. The molecule has 0 aliphatic carbocycles. The monoisotopic (exact) mass is 378 g/mol. The van der Waals surface area contributed by atoms with E-state index in [9.17, 15) is 0 Å². The zero-order valence-corrected chi connectivity index (χ0v) is 17.7. The van der Waals surface area contributed by atoms with Crippen LogP contribution in [0.25, 0.3) is 33.8 Å². The molecule has 0 bridgehead atoms. The Morgan fingerprint density at radius 3 is 1.86 bits per heavy atom. The highest BCUT2D eigenvalue weighted by Crippen LogP contribution is 2.34. The molecule has 0 unspecified atom stereocenters. The van der Waals surface area contributed by atoms with Gasteiger partial charge in [-0.25, -0.2) is 4.98 Å². The first-order chi connectivity index (χ1) is 13.9. The molecule has 1 heterocycles. The first-order valence-electron chi connectivity index (χ1n) is 10.0. The third-order valence-electron chi connectivity index (χ3n) is 5.30. The molecule has 144 valence electrons. The lowest BCUT2D eigenvalue weighted by Crippen LogP contribution is -1.99. The molecule has 0 N–H and O–H groups in total. The van der Waals surface area contributed by atoms with Gasteiger partial charge in [0.1, 0.15) is 0 Å². The number of nitrogens with zero attached hydrogens (tertiary/aromatic N) is 2. The molecule has 0 radical (unpaired) electrons. The van der Waals surface area contributed by atoms with Gasteiger partial charge in [0, 0.05) is 16.7 Å². The van der Waals surface area contributed by atoms with E-state index < -0.39 is 0 Å².